The van der Waals surface area contributed by atoms with Gasteiger partial charge in [0.25, 0.3) is 0 Å². The molecule has 0 aliphatic carbocycles. The molecule has 3 rings (SSSR count). The van der Waals surface area contributed by atoms with Gasteiger partial charge in [0.15, 0.2) is 5.78 Å². The van der Waals surface area contributed by atoms with Crippen LogP contribution >= 0.6 is 0 Å². The molecule has 0 unspecified atom stereocenters. The Balaban J connectivity index is 1.59. The van der Waals surface area contributed by atoms with Gasteiger partial charge in [0, 0.05) is 44.8 Å². The van der Waals surface area contributed by atoms with Gasteiger partial charge in [-0.05, 0) is 50.3 Å². The number of anilines is 1. The number of likely N-dealkylation sites (tertiary alicyclic amines) is 1. The van der Waals surface area contributed by atoms with Crippen LogP contribution in [-0.4, -0.2) is 66.8 Å². The maximum atomic E-state index is 14.4. The van der Waals surface area contributed by atoms with Crippen molar-refractivity contribution in [3.63, 3.8) is 0 Å². The van der Waals surface area contributed by atoms with Crippen molar-refractivity contribution in [3.05, 3.63) is 29.6 Å². The summed E-state index contributed by atoms with van der Waals surface area (Å²) in [5, 5.41) is 0. The highest BCUT2D eigenvalue weighted by Crippen LogP contribution is 2.25. The standard InChI is InChI=1S/C22H32FN3O2/c1-15-11-16(2)14-26(13-15)22(28)17(3)24-7-9-25(10-8-24)21-6-5-19(18(4)27)12-20(21)23/h5-6,12,15-17H,7-11,13-14H2,1-4H3/t15-,16-,17+/m0/s1. The van der Waals surface area contributed by atoms with Crippen molar-refractivity contribution >= 4 is 17.4 Å². The van der Waals surface area contributed by atoms with Gasteiger partial charge in [0.05, 0.1) is 11.7 Å². The molecule has 3 atom stereocenters. The van der Waals surface area contributed by atoms with Crippen molar-refractivity contribution in [2.45, 2.75) is 40.2 Å². The van der Waals surface area contributed by atoms with Crippen molar-refractivity contribution in [2.24, 2.45) is 11.8 Å². The van der Waals surface area contributed by atoms with E-state index in [-0.39, 0.29) is 23.5 Å². The molecule has 0 radical (unpaired) electrons. The van der Waals surface area contributed by atoms with E-state index in [0.717, 1.165) is 26.2 Å². The zero-order valence-electron chi connectivity index (χ0n) is 17.4. The van der Waals surface area contributed by atoms with Crippen LogP contribution in [0.1, 0.15) is 44.5 Å². The average Bonchev–Trinajstić information content (AvgIpc) is 2.66. The van der Waals surface area contributed by atoms with Crippen molar-refractivity contribution < 1.29 is 14.0 Å². The van der Waals surface area contributed by atoms with Gasteiger partial charge in [-0.3, -0.25) is 14.5 Å². The summed E-state index contributed by atoms with van der Waals surface area (Å²) in [5.74, 6) is 0.824. The Kier molecular flexibility index (Phi) is 6.38. The summed E-state index contributed by atoms with van der Waals surface area (Å²) in [4.78, 5) is 30.6. The smallest absolute Gasteiger partial charge is 0.239 e. The lowest BCUT2D eigenvalue weighted by atomic mass is 9.91. The number of halogens is 1. The van der Waals surface area contributed by atoms with Crippen molar-refractivity contribution in [3.8, 4) is 0 Å². The molecule has 0 spiro atoms. The fourth-order valence-corrected chi connectivity index (χ4v) is 4.60. The number of piperazine rings is 1. The number of amides is 1. The lowest BCUT2D eigenvalue weighted by Crippen LogP contribution is -2.56. The van der Waals surface area contributed by atoms with E-state index in [0.29, 0.717) is 36.2 Å². The summed E-state index contributed by atoms with van der Waals surface area (Å²) in [6, 6.07) is 4.53. The molecule has 28 heavy (non-hydrogen) atoms. The lowest BCUT2D eigenvalue weighted by Gasteiger charge is -2.42. The summed E-state index contributed by atoms with van der Waals surface area (Å²) in [5.41, 5.74) is 0.923. The van der Waals surface area contributed by atoms with E-state index < -0.39 is 0 Å². The summed E-state index contributed by atoms with van der Waals surface area (Å²) < 4.78 is 14.4. The number of hydrogen-bond acceptors (Lipinski definition) is 4. The molecular weight excluding hydrogens is 357 g/mol. The molecule has 2 aliphatic heterocycles. The quantitative estimate of drug-likeness (QED) is 0.743. The molecule has 2 saturated heterocycles. The van der Waals surface area contributed by atoms with Crippen LogP contribution < -0.4 is 4.90 Å². The third-order valence-electron chi connectivity index (χ3n) is 6.09. The zero-order chi connectivity index (χ0) is 20.4. The predicted molar refractivity (Wildman–Crippen MR) is 109 cm³/mol. The molecule has 1 aromatic carbocycles. The van der Waals surface area contributed by atoms with E-state index >= 15 is 0 Å². The number of carbonyl (C=O) groups excluding carboxylic acids is 2. The topological polar surface area (TPSA) is 43.9 Å². The monoisotopic (exact) mass is 389 g/mol. The van der Waals surface area contributed by atoms with E-state index in [4.69, 9.17) is 0 Å². The Morgan fingerprint density at radius 2 is 1.68 bits per heavy atom. The van der Waals surface area contributed by atoms with Crippen LogP contribution in [0.3, 0.4) is 0 Å². The Labute approximate surface area is 167 Å². The Morgan fingerprint density at radius 1 is 1.07 bits per heavy atom. The maximum Gasteiger partial charge on any atom is 0.239 e. The second-order valence-corrected chi connectivity index (χ2v) is 8.61. The number of nitrogens with zero attached hydrogens (tertiary/aromatic N) is 3. The van der Waals surface area contributed by atoms with Crippen LogP contribution in [0.2, 0.25) is 0 Å². The molecule has 1 aromatic rings. The number of rotatable bonds is 4. The highest BCUT2D eigenvalue weighted by atomic mass is 19.1. The molecule has 5 nitrogen and oxygen atoms in total. The van der Waals surface area contributed by atoms with Crippen LogP contribution in [0.4, 0.5) is 10.1 Å². The number of ketones is 1. The van der Waals surface area contributed by atoms with E-state index in [1.165, 1.54) is 19.4 Å². The minimum Gasteiger partial charge on any atom is -0.367 e. The van der Waals surface area contributed by atoms with Crippen LogP contribution in [0.25, 0.3) is 0 Å². The number of hydrogen-bond donors (Lipinski definition) is 0. The van der Waals surface area contributed by atoms with Crippen molar-refractivity contribution in [1.29, 1.82) is 0 Å². The first-order chi connectivity index (χ1) is 13.3. The normalized spacial score (nSPS) is 24.9. The minimum absolute atomic E-state index is 0.135. The SMILES string of the molecule is CC(=O)c1ccc(N2CCN([C@H](C)C(=O)N3C[C@@H](C)C[C@H](C)C3)CC2)c(F)c1. The van der Waals surface area contributed by atoms with Crippen molar-refractivity contribution in [2.75, 3.05) is 44.2 Å². The van der Waals surface area contributed by atoms with Gasteiger partial charge in [-0.2, -0.15) is 0 Å². The molecule has 0 N–H and O–H groups in total. The molecular formula is C22H32FN3O2. The third kappa shape index (κ3) is 4.54. The fourth-order valence-electron chi connectivity index (χ4n) is 4.60. The first-order valence-corrected chi connectivity index (χ1v) is 10.3. The Bertz CT molecular complexity index is 720. The molecule has 154 valence electrons. The fraction of sp³-hybridized carbons (Fsp3) is 0.636. The van der Waals surface area contributed by atoms with Gasteiger partial charge in [-0.15, -0.1) is 0 Å². The van der Waals surface area contributed by atoms with Crippen LogP contribution in [-0.2, 0) is 4.79 Å². The minimum atomic E-state index is -0.360. The summed E-state index contributed by atoms with van der Waals surface area (Å²) in [7, 11) is 0. The highest BCUT2D eigenvalue weighted by Gasteiger charge is 2.32. The maximum absolute atomic E-state index is 14.4. The predicted octanol–water partition coefficient (Wildman–Crippen LogP) is 3.04. The van der Waals surface area contributed by atoms with Crippen molar-refractivity contribution in [1.82, 2.24) is 9.80 Å². The van der Waals surface area contributed by atoms with E-state index in [1.807, 2.05) is 16.7 Å². The van der Waals surface area contributed by atoms with E-state index in [1.54, 1.807) is 12.1 Å². The number of Topliss-reactive ketones (excluding diaryl/α,β-unsaturated/α-hetero) is 1. The largest absolute Gasteiger partial charge is 0.367 e. The highest BCUT2D eigenvalue weighted by molar-refractivity contribution is 5.94. The van der Waals surface area contributed by atoms with Gasteiger partial charge >= 0.3 is 0 Å². The molecule has 2 heterocycles. The first kappa shape index (κ1) is 20.8. The summed E-state index contributed by atoms with van der Waals surface area (Å²) in [6.07, 6.45) is 1.19. The van der Waals surface area contributed by atoms with Crippen LogP contribution in [0.5, 0.6) is 0 Å². The number of benzene rings is 1. The molecule has 6 heteroatoms. The number of carbonyl (C=O) groups is 2. The first-order valence-electron chi connectivity index (χ1n) is 10.3. The summed E-state index contributed by atoms with van der Waals surface area (Å²) >= 11 is 0. The van der Waals surface area contributed by atoms with Gasteiger partial charge in [-0.1, -0.05) is 13.8 Å². The Hall–Kier alpha value is -1.95. The van der Waals surface area contributed by atoms with Gasteiger partial charge in [0.1, 0.15) is 5.82 Å². The third-order valence-corrected chi connectivity index (χ3v) is 6.09. The molecule has 2 aliphatic rings. The van der Waals surface area contributed by atoms with E-state index in [9.17, 15) is 14.0 Å². The van der Waals surface area contributed by atoms with Gasteiger partial charge in [0.2, 0.25) is 5.91 Å². The molecule has 1 amide bonds. The van der Waals surface area contributed by atoms with Gasteiger partial charge < -0.3 is 9.80 Å². The van der Waals surface area contributed by atoms with E-state index in [2.05, 4.69) is 18.7 Å². The average molecular weight is 390 g/mol. The number of piperidine rings is 1. The van der Waals surface area contributed by atoms with Crippen LogP contribution in [0, 0.1) is 17.7 Å². The molecule has 2 fully saturated rings. The molecule has 0 bridgehead atoms. The Morgan fingerprint density at radius 3 is 2.21 bits per heavy atom. The summed E-state index contributed by atoms with van der Waals surface area (Å²) in [6.45, 7) is 12.3. The zero-order valence-corrected chi connectivity index (χ0v) is 17.4. The van der Waals surface area contributed by atoms with Crippen LogP contribution in [0.15, 0.2) is 18.2 Å². The van der Waals surface area contributed by atoms with Gasteiger partial charge in [-0.25, -0.2) is 4.39 Å². The lowest BCUT2D eigenvalue weighted by molar-refractivity contribution is -0.139. The second-order valence-electron chi connectivity index (χ2n) is 8.61. The molecule has 0 aromatic heterocycles. The second kappa shape index (κ2) is 8.60. The molecule has 0 saturated carbocycles.